The highest BCUT2D eigenvalue weighted by Crippen LogP contribution is 2.38. The number of phenols is 3. The summed E-state index contributed by atoms with van der Waals surface area (Å²) in [5, 5.41) is 91.0. The Morgan fingerprint density at radius 2 is 1.63 bits per heavy atom. The molecule has 3 aromatic rings. The van der Waals surface area contributed by atoms with Crippen LogP contribution in [0.15, 0.2) is 45.6 Å². The van der Waals surface area contributed by atoms with Crippen molar-refractivity contribution in [2.24, 2.45) is 0 Å². The van der Waals surface area contributed by atoms with Crippen molar-refractivity contribution in [1.29, 1.82) is 0 Å². The summed E-state index contributed by atoms with van der Waals surface area (Å²) in [5.41, 5.74) is -1.05. The average molecular weight is 580 g/mol. The summed E-state index contributed by atoms with van der Waals surface area (Å²) in [6.45, 7) is -1.26. The first-order chi connectivity index (χ1) is 19.5. The molecule has 15 heteroatoms. The van der Waals surface area contributed by atoms with Gasteiger partial charge in [-0.05, 0) is 12.1 Å². The molecule has 9 atom stereocenters. The fourth-order valence-electron chi connectivity index (χ4n) is 4.68. The molecule has 1 aromatic heterocycles. The first-order valence-electron chi connectivity index (χ1n) is 12.4. The summed E-state index contributed by atoms with van der Waals surface area (Å²) >= 11 is 0. The molecule has 0 spiro atoms. The molecule has 9 unspecified atom stereocenters. The number of hydrogen-bond acceptors (Lipinski definition) is 15. The second-order valence-corrected chi connectivity index (χ2v) is 9.65. The lowest BCUT2D eigenvalue weighted by Crippen LogP contribution is -2.63. The Morgan fingerprint density at radius 3 is 2.34 bits per heavy atom. The van der Waals surface area contributed by atoms with E-state index in [1.807, 2.05) is 0 Å². The van der Waals surface area contributed by atoms with Crippen LogP contribution in [0.2, 0.25) is 0 Å². The monoisotopic (exact) mass is 580 g/mol. The molecular formula is C26H28O15. The van der Waals surface area contributed by atoms with Crippen LogP contribution in [0.3, 0.4) is 0 Å². The summed E-state index contributed by atoms with van der Waals surface area (Å²) in [6.07, 6.45) is -15.2. The summed E-state index contributed by atoms with van der Waals surface area (Å²) in [4.78, 5) is 13.6. The fourth-order valence-corrected chi connectivity index (χ4v) is 4.68. The minimum Gasteiger partial charge on any atom is -0.508 e. The first-order valence-corrected chi connectivity index (χ1v) is 12.4. The second kappa shape index (κ2) is 11.4. The molecule has 15 nitrogen and oxygen atoms in total. The summed E-state index contributed by atoms with van der Waals surface area (Å²) in [5.74, 6) is -2.12. The molecule has 0 amide bonds. The molecule has 2 fully saturated rings. The van der Waals surface area contributed by atoms with E-state index < -0.39 is 91.2 Å². The Balaban J connectivity index is 1.57. The maximum atomic E-state index is 13.6. The van der Waals surface area contributed by atoms with E-state index in [-0.39, 0.29) is 28.0 Å². The van der Waals surface area contributed by atoms with Crippen molar-refractivity contribution in [2.45, 2.75) is 55.3 Å². The Morgan fingerprint density at radius 1 is 0.878 bits per heavy atom. The van der Waals surface area contributed by atoms with Crippen LogP contribution in [0, 0.1) is 0 Å². The maximum absolute atomic E-state index is 13.6. The smallest absolute Gasteiger partial charge is 0.239 e. The Labute approximate surface area is 230 Å². The van der Waals surface area contributed by atoms with Crippen LogP contribution < -0.4 is 10.2 Å². The van der Waals surface area contributed by atoms with E-state index in [1.165, 1.54) is 24.3 Å². The predicted octanol–water partition coefficient (Wildman–Crippen LogP) is -1.78. The number of fused-ring (bicyclic) bond motifs is 1. The molecule has 5 rings (SSSR count). The second-order valence-electron chi connectivity index (χ2n) is 9.65. The molecule has 3 heterocycles. The van der Waals surface area contributed by atoms with Crippen molar-refractivity contribution >= 4 is 11.0 Å². The van der Waals surface area contributed by atoms with Gasteiger partial charge in [-0.15, -0.1) is 0 Å². The Hall–Kier alpha value is -3.51. The summed E-state index contributed by atoms with van der Waals surface area (Å²) < 4.78 is 28.1. The molecule has 41 heavy (non-hydrogen) atoms. The Bertz CT molecular complexity index is 1450. The van der Waals surface area contributed by atoms with Crippen LogP contribution in [-0.2, 0) is 14.2 Å². The number of aliphatic hydroxyl groups excluding tert-OH is 6. The lowest BCUT2D eigenvalue weighted by atomic mass is 9.99. The Kier molecular flexibility index (Phi) is 8.06. The van der Waals surface area contributed by atoms with Crippen molar-refractivity contribution in [3.63, 3.8) is 0 Å². The molecule has 0 aliphatic carbocycles. The van der Waals surface area contributed by atoms with Crippen LogP contribution in [0.1, 0.15) is 0 Å². The van der Waals surface area contributed by atoms with Gasteiger partial charge in [-0.2, -0.15) is 0 Å². The van der Waals surface area contributed by atoms with Gasteiger partial charge in [0.15, 0.2) is 18.2 Å². The third-order valence-electron chi connectivity index (χ3n) is 6.83. The third-order valence-corrected chi connectivity index (χ3v) is 6.83. The van der Waals surface area contributed by atoms with Crippen LogP contribution in [0.4, 0.5) is 0 Å². The summed E-state index contributed by atoms with van der Waals surface area (Å²) in [7, 11) is 0. The quantitative estimate of drug-likeness (QED) is 0.156. The van der Waals surface area contributed by atoms with Crippen molar-refractivity contribution in [1.82, 2.24) is 0 Å². The minimum absolute atomic E-state index is 0.129. The van der Waals surface area contributed by atoms with Gasteiger partial charge in [0, 0.05) is 17.7 Å². The number of phenolic OH excluding ortho intramolecular Hbond substituents is 3. The number of ether oxygens (including phenoxy) is 4. The average Bonchev–Trinajstić information content (AvgIpc) is 2.93. The highest BCUT2D eigenvalue weighted by molar-refractivity contribution is 5.88. The lowest BCUT2D eigenvalue weighted by molar-refractivity contribution is -0.348. The fraction of sp³-hybridized carbons (Fsp3) is 0.423. The molecule has 2 saturated heterocycles. The normalized spacial score (nSPS) is 32.2. The largest absolute Gasteiger partial charge is 0.508 e. The standard InChI is InChI=1S/C26H28O15/c27-7-15-18(33)20(35)21(36)25(39-15)41-24-17(32)13(31)8-37-26(24)40-23-19(34)16-12(30)5-11(29)6-14(16)38-22(23)9-2-1-3-10(28)4-9/h1-6,13,15,17-18,20-21,24-33,35-36H,7-8H2. The van der Waals surface area contributed by atoms with E-state index in [2.05, 4.69) is 0 Å². The first kappa shape index (κ1) is 29.0. The molecule has 2 aliphatic heterocycles. The van der Waals surface area contributed by atoms with Gasteiger partial charge < -0.3 is 69.3 Å². The van der Waals surface area contributed by atoms with Crippen molar-refractivity contribution < 1.29 is 69.3 Å². The van der Waals surface area contributed by atoms with Crippen LogP contribution in [0.25, 0.3) is 22.3 Å². The van der Waals surface area contributed by atoms with E-state index in [1.54, 1.807) is 0 Å². The van der Waals surface area contributed by atoms with Crippen LogP contribution >= 0.6 is 0 Å². The molecule has 0 radical (unpaired) electrons. The van der Waals surface area contributed by atoms with Gasteiger partial charge in [0.1, 0.15) is 64.8 Å². The highest BCUT2D eigenvalue weighted by Gasteiger charge is 2.49. The number of aromatic hydroxyl groups is 3. The van der Waals surface area contributed by atoms with Gasteiger partial charge in [-0.3, -0.25) is 4.79 Å². The van der Waals surface area contributed by atoms with Gasteiger partial charge >= 0.3 is 0 Å². The van der Waals surface area contributed by atoms with Gasteiger partial charge in [0.25, 0.3) is 0 Å². The molecule has 2 aliphatic rings. The molecule has 0 bridgehead atoms. The molecule has 0 saturated carbocycles. The molecule has 222 valence electrons. The van der Waals surface area contributed by atoms with Crippen molar-refractivity contribution in [3.8, 4) is 34.3 Å². The highest BCUT2D eigenvalue weighted by atomic mass is 16.8. The maximum Gasteiger partial charge on any atom is 0.239 e. The van der Waals surface area contributed by atoms with E-state index in [0.29, 0.717) is 0 Å². The van der Waals surface area contributed by atoms with E-state index >= 15 is 0 Å². The molecule has 9 N–H and O–H groups in total. The third kappa shape index (κ3) is 5.42. The topological polar surface area (TPSA) is 249 Å². The predicted molar refractivity (Wildman–Crippen MR) is 134 cm³/mol. The van der Waals surface area contributed by atoms with Crippen LogP contribution in [-0.4, -0.2) is 114 Å². The van der Waals surface area contributed by atoms with Crippen molar-refractivity contribution in [2.75, 3.05) is 13.2 Å². The minimum atomic E-state index is -1.88. The van der Waals surface area contributed by atoms with Gasteiger partial charge in [0.2, 0.25) is 17.5 Å². The number of aliphatic hydroxyl groups is 6. The summed E-state index contributed by atoms with van der Waals surface area (Å²) in [6, 6.07) is 7.48. The van der Waals surface area contributed by atoms with E-state index in [0.717, 1.165) is 12.1 Å². The number of rotatable bonds is 6. The molecule has 2 aromatic carbocycles. The van der Waals surface area contributed by atoms with Crippen LogP contribution in [0.5, 0.6) is 23.0 Å². The van der Waals surface area contributed by atoms with Gasteiger partial charge in [0.05, 0.1) is 13.2 Å². The van der Waals surface area contributed by atoms with Gasteiger partial charge in [-0.25, -0.2) is 0 Å². The molecular weight excluding hydrogens is 552 g/mol. The number of hydrogen-bond donors (Lipinski definition) is 9. The zero-order valence-electron chi connectivity index (χ0n) is 21.0. The SMILES string of the molecule is O=c1c(OC2OCC(O)C(O)C2OC2OC(CO)C(O)C(O)C2O)c(-c2cccc(O)c2)oc2cc(O)cc(O)c12. The van der Waals surface area contributed by atoms with Crippen molar-refractivity contribution in [3.05, 3.63) is 46.6 Å². The zero-order valence-corrected chi connectivity index (χ0v) is 21.0. The van der Waals surface area contributed by atoms with E-state index in [4.69, 9.17) is 23.4 Å². The number of benzene rings is 2. The van der Waals surface area contributed by atoms with E-state index in [9.17, 15) is 50.8 Å². The van der Waals surface area contributed by atoms with Gasteiger partial charge in [-0.1, -0.05) is 12.1 Å². The lowest BCUT2D eigenvalue weighted by Gasteiger charge is -2.44. The zero-order chi connectivity index (χ0) is 29.6.